The molecule has 1 saturated heterocycles. The number of carbonyl (C=O) groups is 1. The maximum absolute atomic E-state index is 14.3. The highest BCUT2D eigenvalue weighted by Crippen LogP contribution is 2.33. The van der Waals surface area contributed by atoms with Crippen molar-refractivity contribution in [1.29, 1.82) is 0 Å². The average Bonchev–Trinajstić information content (AvgIpc) is 3.39. The fraction of sp³-hybridized carbons (Fsp3) is 0.346. The third kappa shape index (κ3) is 6.09. The topological polar surface area (TPSA) is 93.4 Å². The molecule has 1 fully saturated rings. The number of likely N-dealkylation sites (tertiary alicyclic amines) is 1. The molecule has 10 heteroatoms. The summed E-state index contributed by atoms with van der Waals surface area (Å²) < 4.78 is 33.9. The Bertz CT molecular complexity index is 1240. The summed E-state index contributed by atoms with van der Waals surface area (Å²) in [5.41, 5.74) is 7.29. The molecule has 1 atom stereocenters. The minimum absolute atomic E-state index is 0.0227. The van der Waals surface area contributed by atoms with E-state index in [0.29, 0.717) is 23.4 Å². The van der Waals surface area contributed by atoms with Crippen LogP contribution in [0.15, 0.2) is 42.6 Å². The van der Waals surface area contributed by atoms with Gasteiger partial charge in [0, 0.05) is 23.2 Å². The predicted molar refractivity (Wildman–Crippen MR) is 135 cm³/mol. The van der Waals surface area contributed by atoms with Gasteiger partial charge < -0.3 is 20.7 Å². The Morgan fingerprint density at radius 3 is 2.75 bits per heavy atom. The first-order valence-corrected chi connectivity index (χ1v) is 12.2. The lowest BCUT2D eigenvalue weighted by molar-refractivity contribution is 0.0952. The Balaban J connectivity index is 1.45. The number of anilines is 1. The molecule has 0 bridgehead atoms. The summed E-state index contributed by atoms with van der Waals surface area (Å²) in [4.78, 5) is 23.6. The van der Waals surface area contributed by atoms with Gasteiger partial charge in [0.05, 0.1) is 16.9 Å². The fourth-order valence-electron chi connectivity index (χ4n) is 4.18. The number of hydrogen-bond donors (Lipinski definition) is 2. The van der Waals surface area contributed by atoms with E-state index in [1.807, 2.05) is 0 Å². The van der Waals surface area contributed by atoms with Crippen molar-refractivity contribution in [2.75, 3.05) is 31.9 Å². The van der Waals surface area contributed by atoms with Crippen molar-refractivity contribution in [2.45, 2.75) is 32.3 Å². The Morgan fingerprint density at radius 2 is 1.97 bits per heavy atom. The summed E-state index contributed by atoms with van der Waals surface area (Å²) in [5.74, 6) is -1.73. The lowest BCUT2D eigenvalue weighted by Gasteiger charge is -2.18. The minimum atomic E-state index is -0.988. The average molecular weight is 516 g/mol. The number of benzene rings is 2. The van der Waals surface area contributed by atoms with Gasteiger partial charge in [0.25, 0.3) is 11.8 Å². The van der Waals surface area contributed by atoms with Gasteiger partial charge in [0.15, 0.2) is 5.82 Å². The molecule has 2 heterocycles. The van der Waals surface area contributed by atoms with Crippen LogP contribution >= 0.6 is 11.6 Å². The minimum Gasteiger partial charge on any atom is -0.467 e. The second-order valence-electron chi connectivity index (χ2n) is 8.70. The maximum atomic E-state index is 14.3. The van der Waals surface area contributed by atoms with Gasteiger partial charge in [0.2, 0.25) is 0 Å². The molecule has 0 saturated carbocycles. The first-order valence-electron chi connectivity index (χ1n) is 11.9. The number of carbonyl (C=O) groups excluding carboxylic acids is 1. The van der Waals surface area contributed by atoms with Crippen molar-refractivity contribution < 1.29 is 18.3 Å². The molecule has 4 rings (SSSR count). The van der Waals surface area contributed by atoms with Gasteiger partial charge in [-0.25, -0.2) is 18.7 Å². The summed E-state index contributed by atoms with van der Waals surface area (Å²) >= 11 is 5.95. The van der Waals surface area contributed by atoms with Crippen molar-refractivity contribution in [3.05, 3.63) is 70.4 Å². The first kappa shape index (κ1) is 25.8. The number of halogens is 3. The third-order valence-corrected chi connectivity index (χ3v) is 6.48. The van der Waals surface area contributed by atoms with Crippen molar-refractivity contribution in [3.8, 4) is 17.1 Å². The molecule has 36 heavy (non-hydrogen) atoms. The van der Waals surface area contributed by atoms with E-state index in [1.54, 1.807) is 24.3 Å². The fourth-order valence-corrected chi connectivity index (χ4v) is 4.49. The van der Waals surface area contributed by atoms with E-state index in [2.05, 4.69) is 20.2 Å². The molecule has 1 aliphatic rings. The molecule has 1 unspecified atom stereocenters. The summed E-state index contributed by atoms with van der Waals surface area (Å²) in [6.07, 6.45) is 3.85. The molecule has 0 radical (unpaired) electrons. The number of amides is 1. The van der Waals surface area contributed by atoms with Crippen molar-refractivity contribution in [3.63, 3.8) is 0 Å². The summed E-state index contributed by atoms with van der Waals surface area (Å²) in [7, 11) is 0. The molecule has 3 N–H and O–H groups in total. The van der Waals surface area contributed by atoms with Gasteiger partial charge in [-0.05, 0) is 70.1 Å². The maximum Gasteiger partial charge on any atom is 0.258 e. The number of ether oxygens (including phenoxy) is 1. The van der Waals surface area contributed by atoms with E-state index in [-0.39, 0.29) is 28.2 Å². The summed E-state index contributed by atoms with van der Waals surface area (Å²) in [6.45, 7) is 5.34. The van der Waals surface area contributed by atoms with Crippen LogP contribution < -0.4 is 15.8 Å². The molecule has 1 amide bonds. The van der Waals surface area contributed by atoms with Crippen LogP contribution in [0.4, 0.5) is 14.6 Å². The molecule has 0 spiro atoms. The Morgan fingerprint density at radius 1 is 1.22 bits per heavy atom. The van der Waals surface area contributed by atoms with Gasteiger partial charge in [0.1, 0.15) is 17.7 Å². The van der Waals surface area contributed by atoms with E-state index in [9.17, 15) is 13.6 Å². The number of nitrogen functional groups attached to an aromatic ring is 1. The quantitative estimate of drug-likeness (QED) is 0.307. The molecule has 1 aliphatic heterocycles. The van der Waals surface area contributed by atoms with E-state index in [1.165, 1.54) is 26.0 Å². The van der Waals surface area contributed by atoms with Crippen LogP contribution in [0.1, 0.15) is 48.2 Å². The van der Waals surface area contributed by atoms with Crippen LogP contribution in [0.5, 0.6) is 5.88 Å². The predicted octanol–water partition coefficient (Wildman–Crippen LogP) is 5.01. The van der Waals surface area contributed by atoms with Gasteiger partial charge in [-0.15, -0.1) is 0 Å². The molecule has 3 aromatic rings. The molecule has 190 valence electrons. The van der Waals surface area contributed by atoms with Gasteiger partial charge >= 0.3 is 0 Å². The third-order valence-electron chi connectivity index (χ3n) is 6.10. The van der Waals surface area contributed by atoms with Crippen LogP contribution in [0.3, 0.4) is 0 Å². The number of nitrogens with zero attached hydrogens (tertiary/aromatic N) is 3. The standard InChI is InChI=1S/C26H28ClF2N5O2/c1-16(22-19(28)8-9-20(29)23(22)27)36-26-24(30)32-15-21(33-26)17-6-4-7-18(14-17)25(35)31-10-5-13-34-11-2-3-12-34/h4,6-9,14-16H,2-3,5,10-13H2,1H3,(H2,30,32)(H,31,35). The lowest BCUT2D eigenvalue weighted by atomic mass is 10.1. The zero-order valence-corrected chi connectivity index (χ0v) is 20.7. The number of rotatable bonds is 9. The largest absolute Gasteiger partial charge is 0.467 e. The van der Waals surface area contributed by atoms with Crippen LogP contribution in [-0.2, 0) is 0 Å². The summed E-state index contributed by atoms with van der Waals surface area (Å²) in [5, 5.41) is 2.59. The number of nitrogens with one attached hydrogen (secondary N) is 1. The van der Waals surface area contributed by atoms with Crippen LogP contribution in [-0.4, -0.2) is 47.0 Å². The van der Waals surface area contributed by atoms with Gasteiger partial charge in [-0.3, -0.25) is 4.79 Å². The van der Waals surface area contributed by atoms with E-state index in [0.717, 1.165) is 38.2 Å². The number of nitrogens with two attached hydrogens (primary N) is 1. The molecular weight excluding hydrogens is 488 g/mol. The zero-order chi connectivity index (χ0) is 25.7. The van der Waals surface area contributed by atoms with Gasteiger partial charge in [-0.1, -0.05) is 23.7 Å². The van der Waals surface area contributed by atoms with E-state index in [4.69, 9.17) is 22.1 Å². The lowest BCUT2D eigenvalue weighted by Crippen LogP contribution is -2.28. The van der Waals surface area contributed by atoms with Crippen molar-refractivity contribution in [1.82, 2.24) is 20.2 Å². The van der Waals surface area contributed by atoms with Crippen LogP contribution in [0.25, 0.3) is 11.3 Å². The molecular formula is C26H28ClF2N5O2. The number of aromatic nitrogens is 2. The van der Waals surface area contributed by atoms with Crippen LogP contribution in [0, 0.1) is 11.6 Å². The summed E-state index contributed by atoms with van der Waals surface area (Å²) in [6, 6.07) is 8.87. The second-order valence-corrected chi connectivity index (χ2v) is 9.08. The van der Waals surface area contributed by atoms with Crippen molar-refractivity contribution >= 4 is 23.3 Å². The SMILES string of the molecule is CC(Oc1nc(-c2cccc(C(=O)NCCCN3CCCC3)c2)cnc1N)c1c(F)ccc(F)c1Cl. The smallest absolute Gasteiger partial charge is 0.258 e. The second kappa shape index (κ2) is 11.6. The Labute approximate surface area is 213 Å². The van der Waals surface area contributed by atoms with Gasteiger partial charge in [-0.2, -0.15) is 0 Å². The molecule has 2 aromatic carbocycles. The Hall–Kier alpha value is -3.30. The molecule has 7 nitrogen and oxygen atoms in total. The highest BCUT2D eigenvalue weighted by Gasteiger charge is 2.22. The zero-order valence-electron chi connectivity index (χ0n) is 19.9. The normalized spacial score (nSPS) is 14.6. The monoisotopic (exact) mass is 515 g/mol. The molecule has 1 aromatic heterocycles. The highest BCUT2D eigenvalue weighted by molar-refractivity contribution is 6.31. The Kier molecular flexibility index (Phi) is 8.32. The number of hydrogen-bond acceptors (Lipinski definition) is 6. The van der Waals surface area contributed by atoms with Crippen LogP contribution in [0.2, 0.25) is 5.02 Å². The van der Waals surface area contributed by atoms with Crippen molar-refractivity contribution in [2.24, 2.45) is 0 Å². The highest BCUT2D eigenvalue weighted by atomic mass is 35.5. The molecule has 0 aliphatic carbocycles. The first-order chi connectivity index (χ1) is 17.3. The van der Waals surface area contributed by atoms with E-state index >= 15 is 0 Å². The van der Waals surface area contributed by atoms with E-state index < -0.39 is 17.7 Å².